The molecule has 2 N–H and O–H groups in total. The first-order valence-electron chi connectivity index (χ1n) is 17.6. The first-order chi connectivity index (χ1) is 21.8. The van der Waals surface area contributed by atoms with Gasteiger partial charge in [0.1, 0.15) is 23.9 Å². The summed E-state index contributed by atoms with van der Waals surface area (Å²) >= 11 is 0. The van der Waals surface area contributed by atoms with E-state index in [0.717, 1.165) is 56.1 Å². The van der Waals surface area contributed by atoms with Crippen LogP contribution in [0.15, 0.2) is 60.7 Å². The van der Waals surface area contributed by atoms with Crippen molar-refractivity contribution in [3.8, 4) is 17.2 Å². The van der Waals surface area contributed by atoms with Crippen molar-refractivity contribution in [2.45, 2.75) is 109 Å². The van der Waals surface area contributed by atoms with Crippen LogP contribution in [0, 0.1) is 0 Å². The van der Waals surface area contributed by atoms with Gasteiger partial charge in [-0.1, -0.05) is 57.9 Å². The number of fused-ring (bicyclic) bond motifs is 1. The third-order valence-electron chi connectivity index (χ3n) is 10.8. The standard InChI is InChI=1S/C40H58N2O3Si/c1-39(2,3)46(6,7)45-36-19-16-31-26-33(15-14-32(31)27-36)37-21-20-35(43-5)28-38(37)40(4,41)29-30-12-17-34(18-13-30)44-25-24-42-22-10-8-9-11-23-42/h12-13,16-21,27-28,33H,8-11,14-15,22-26,29,41H2,1-7H3. The fraction of sp³-hybridized carbons (Fsp3) is 0.550. The van der Waals surface area contributed by atoms with Gasteiger partial charge in [-0.15, -0.1) is 0 Å². The van der Waals surface area contributed by atoms with E-state index in [1.54, 1.807) is 7.11 Å². The highest BCUT2D eigenvalue weighted by Crippen LogP contribution is 2.42. The summed E-state index contributed by atoms with van der Waals surface area (Å²) in [6, 6.07) is 21.8. The Morgan fingerprint density at radius 2 is 1.50 bits per heavy atom. The molecule has 5 nitrogen and oxygen atoms in total. The molecule has 46 heavy (non-hydrogen) atoms. The molecule has 0 bridgehead atoms. The number of hydrogen-bond acceptors (Lipinski definition) is 5. The van der Waals surface area contributed by atoms with Crippen molar-refractivity contribution in [3.63, 3.8) is 0 Å². The third-order valence-corrected chi connectivity index (χ3v) is 15.1. The monoisotopic (exact) mass is 642 g/mol. The van der Waals surface area contributed by atoms with Crippen molar-refractivity contribution in [1.82, 2.24) is 4.90 Å². The van der Waals surface area contributed by atoms with Crippen LogP contribution in [0.1, 0.15) is 93.5 Å². The van der Waals surface area contributed by atoms with E-state index < -0.39 is 13.9 Å². The molecule has 1 aliphatic heterocycles. The topological polar surface area (TPSA) is 57.0 Å². The zero-order valence-electron chi connectivity index (χ0n) is 29.6. The highest BCUT2D eigenvalue weighted by Gasteiger charge is 2.39. The zero-order valence-corrected chi connectivity index (χ0v) is 30.6. The fourth-order valence-corrected chi connectivity index (χ4v) is 7.92. The molecule has 0 aromatic heterocycles. The highest BCUT2D eigenvalue weighted by atomic mass is 28.4. The molecule has 0 saturated carbocycles. The molecule has 250 valence electrons. The van der Waals surface area contributed by atoms with Crippen molar-refractivity contribution in [3.05, 3.63) is 88.5 Å². The van der Waals surface area contributed by atoms with Gasteiger partial charge in [0.2, 0.25) is 8.32 Å². The average molecular weight is 643 g/mol. The van der Waals surface area contributed by atoms with E-state index >= 15 is 0 Å². The molecular formula is C40H58N2O3Si. The second-order valence-corrected chi connectivity index (χ2v) is 20.3. The van der Waals surface area contributed by atoms with Crippen LogP contribution in [-0.4, -0.2) is 46.6 Å². The van der Waals surface area contributed by atoms with Gasteiger partial charge in [-0.25, -0.2) is 0 Å². The number of aryl methyl sites for hydroxylation is 1. The first-order valence-corrected chi connectivity index (χ1v) is 20.5. The van der Waals surface area contributed by atoms with Gasteiger partial charge in [0, 0.05) is 12.1 Å². The summed E-state index contributed by atoms with van der Waals surface area (Å²) in [7, 11) is -0.145. The van der Waals surface area contributed by atoms with Crippen LogP contribution in [0.25, 0.3) is 0 Å². The van der Waals surface area contributed by atoms with Crippen LogP contribution in [0.2, 0.25) is 18.1 Å². The quantitative estimate of drug-likeness (QED) is 0.212. The molecule has 6 heteroatoms. The molecule has 1 heterocycles. The molecule has 0 amide bonds. The summed E-state index contributed by atoms with van der Waals surface area (Å²) in [4.78, 5) is 2.54. The van der Waals surface area contributed by atoms with Crippen molar-refractivity contribution in [1.29, 1.82) is 0 Å². The summed E-state index contributed by atoms with van der Waals surface area (Å²) in [5.41, 5.74) is 13.2. The van der Waals surface area contributed by atoms with Crippen LogP contribution in [0.3, 0.4) is 0 Å². The molecule has 2 atom stereocenters. The minimum Gasteiger partial charge on any atom is -0.543 e. The van der Waals surface area contributed by atoms with Crippen molar-refractivity contribution >= 4 is 8.32 Å². The molecule has 0 radical (unpaired) electrons. The second-order valence-electron chi connectivity index (χ2n) is 15.5. The van der Waals surface area contributed by atoms with Crippen molar-refractivity contribution in [2.75, 3.05) is 33.4 Å². The van der Waals surface area contributed by atoms with Gasteiger partial charge in [0.15, 0.2) is 0 Å². The number of nitrogens with zero attached hydrogens (tertiary/aromatic N) is 1. The van der Waals surface area contributed by atoms with Gasteiger partial charge >= 0.3 is 0 Å². The lowest BCUT2D eigenvalue weighted by Crippen LogP contribution is -2.43. The Morgan fingerprint density at radius 3 is 2.17 bits per heavy atom. The lowest BCUT2D eigenvalue weighted by molar-refractivity contribution is 0.214. The maximum absolute atomic E-state index is 7.22. The Labute approximate surface area is 280 Å². The Morgan fingerprint density at radius 1 is 0.826 bits per heavy atom. The molecule has 1 fully saturated rings. The predicted octanol–water partition coefficient (Wildman–Crippen LogP) is 9.02. The summed E-state index contributed by atoms with van der Waals surface area (Å²) in [6.07, 6.45) is 9.22. The smallest absolute Gasteiger partial charge is 0.250 e. The Hall–Kier alpha value is -2.80. The van der Waals surface area contributed by atoms with Crippen LogP contribution in [0.4, 0.5) is 0 Å². The second kappa shape index (κ2) is 14.5. The van der Waals surface area contributed by atoms with Crippen molar-refractivity contribution < 1.29 is 13.9 Å². The maximum atomic E-state index is 7.22. The number of benzene rings is 3. The lowest BCUT2D eigenvalue weighted by atomic mass is 9.74. The van der Waals surface area contributed by atoms with Crippen LogP contribution < -0.4 is 19.6 Å². The van der Waals surface area contributed by atoms with Crippen LogP contribution >= 0.6 is 0 Å². The number of rotatable bonds is 11. The van der Waals surface area contributed by atoms with Gasteiger partial charge in [0.25, 0.3) is 0 Å². The largest absolute Gasteiger partial charge is 0.543 e. The van der Waals surface area contributed by atoms with Gasteiger partial charge < -0.3 is 19.6 Å². The van der Waals surface area contributed by atoms with E-state index in [1.165, 1.54) is 66.6 Å². The highest BCUT2D eigenvalue weighted by molar-refractivity contribution is 6.74. The number of likely N-dealkylation sites (tertiary alicyclic amines) is 1. The molecule has 1 aliphatic carbocycles. The maximum Gasteiger partial charge on any atom is 0.250 e. The first kappa shape index (κ1) is 34.5. The number of nitrogens with two attached hydrogens (primary N) is 1. The Kier molecular flexibility index (Phi) is 10.9. The van der Waals surface area contributed by atoms with E-state index in [1.807, 2.05) is 0 Å². The van der Waals surface area contributed by atoms with E-state index in [0.29, 0.717) is 5.92 Å². The van der Waals surface area contributed by atoms with E-state index in [4.69, 9.17) is 19.6 Å². The van der Waals surface area contributed by atoms with E-state index in [2.05, 4.69) is 106 Å². The summed E-state index contributed by atoms with van der Waals surface area (Å²) in [6.45, 7) is 17.8. The molecule has 3 aromatic rings. The molecule has 2 aliphatic rings. The molecule has 0 spiro atoms. The van der Waals surface area contributed by atoms with Crippen molar-refractivity contribution in [2.24, 2.45) is 5.73 Å². The predicted molar refractivity (Wildman–Crippen MR) is 194 cm³/mol. The molecule has 3 aromatic carbocycles. The average Bonchev–Trinajstić information content (AvgIpc) is 3.29. The number of methoxy groups -OCH3 is 1. The van der Waals surface area contributed by atoms with Gasteiger partial charge in [-0.05, 0) is 147 Å². The third kappa shape index (κ3) is 8.56. The van der Waals surface area contributed by atoms with Crippen LogP contribution in [-0.2, 0) is 24.8 Å². The Bertz CT molecular complexity index is 1440. The summed E-state index contributed by atoms with van der Waals surface area (Å²) in [5.74, 6) is 3.21. The fourth-order valence-electron chi connectivity index (χ4n) is 6.90. The van der Waals surface area contributed by atoms with Gasteiger partial charge in [0.05, 0.1) is 7.11 Å². The lowest BCUT2D eigenvalue weighted by Gasteiger charge is -2.37. The summed E-state index contributed by atoms with van der Waals surface area (Å²) in [5, 5.41) is 0.176. The SMILES string of the molecule is COc1ccc(C2CCc3cc(O[Si](C)(C)C(C)(C)C)ccc3C2)c(C(C)(N)Cc2ccc(OCCN3CCCCCC3)cc2)c1. The van der Waals surface area contributed by atoms with Gasteiger partial charge in [-0.2, -0.15) is 0 Å². The molecule has 1 saturated heterocycles. The number of ether oxygens (including phenoxy) is 2. The molecular weight excluding hydrogens is 585 g/mol. The van der Waals surface area contributed by atoms with Crippen LogP contribution in [0.5, 0.6) is 17.2 Å². The minimum absolute atomic E-state index is 0.176. The van der Waals surface area contributed by atoms with E-state index in [9.17, 15) is 0 Å². The normalized spacial score (nSPS) is 19.1. The zero-order chi connectivity index (χ0) is 33.0. The molecule has 5 rings (SSSR count). The van der Waals surface area contributed by atoms with E-state index in [-0.39, 0.29) is 5.04 Å². The Balaban J connectivity index is 1.27. The number of hydrogen-bond donors (Lipinski definition) is 1. The summed E-state index contributed by atoms with van der Waals surface area (Å²) < 4.78 is 18.5. The van der Waals surface area contributed by atoms with Gasteiger partial charge in [-0.3, -0.25) is 4.90 Å². The minimum atomic E-state index is -1.88. The molecule has 2 unspecified atom stereocenters.